The number of aromatic nitrogens is 1. The Balaban J connectivity index is 2.31. The minimum atomic E-state index is -3.16. The molecule has 0 aliphatic heterocycles. The molecule has 2 aromatic rings. The number of likely N-dealkylation sites (N-methyl/N-ethyl adjacent to an activating group) is 1. The first-order valence-electron chi connectivity index (χ1n) is 7.03. The van der Waals surface area contributed by atoms with Crippen molar-refractivity contribution < 1.29 is 8.42 Å². The summed E-state index contributed by atoms with van der Waals surface area (Å²) in [5.74, 6) is 0. The molecule has 1 heterocycles. The zero-order valence-electron chi connectivity index (χ0n) is 12.9. The van der Waals surface area contributed by atoms with Gasteiger partial charge in [-0.15, -0.1) is 11.3 Å². The fourth-order valence-electron chi connectivity index (χ4n) is 2.25. The lowest BCUT2D eigenvalue weighted by Crippen LogP contribution is -2.52. The summed E-state index contributed by atoms with van der Waals surface area (Å²) in [5, 5.41) is 4.28. The highest BCUT2D eigenvalue weighted by molar-refractivity contribution is 7.92. The van der Waals surface area contributed by atoms with Crippen molar-refractivity contribution in [2.75, 3.05) is 12.8 Å². The molecule has 4 nitrogen and oxygen atoms in total. The number of sulfone groups is 1. The SMILES string of the molecule is CCNC(Cc1nc2ccccc2s1)C(C)(C)S(C)(=O)=O. The molecular weight excluding hydrogens is 304 g/mol. The number of hydrogen-bond acceptors (Lipinski definition) is 5. The molecule has 0 aliphatic carbocycles. The Morgan fingerprint density at radius 1 is 1.33 bits per heavy atom. The van der Waals surface area contributed by atoms with Crippen molar-refractivity contribution in [3.8, 4) is 0 Å². The van der Waals surface area contributed by atoms with Crippen LogP contribution in [0.1, 0.15) is 25.8 Å². The Hall–Kier alpha value is -0.980. The number of benzene rings is 1. The average molecular weight is 326 g/mol. The van der Waals surface area contributed by atoms with E-state index in [0.717, 1.165) is 21.8 Å². The molecule has 21 heavy (non-hydrogen) atoms. The van der Waals surface area contributed by atoms with E-state index in [1.165, 1.54) is 6.26 Å². The Kier molecular flexibility index (Phi) is 4.70. The number of para-hydroxylation sites is 1. The zero-order valence-corrected chi connectivity index (χ0v) is 14.5. The van der Waals surface area contributed by atoms with Crippen molar-refractivity contribution in [3.05, 3.63) is 29.3 Å². The molecule has 1 N–H and O–H groups in total. The lowest BCUT2D eigenvalue weighted by molar-refractivity contribution is 0.413. The zero-order chi connectivity index (χ0) is 15.7. The van der Waals surface area contributed by atoms with Gasteiger partial charge in [0.05, 0.1) is 20.0 Å². The number of nitrogens with one attached hydrogen (secondary N) is 1. The first-order chi connectivity index (χ1) is 9.75. The number of rotatable bonds is 6. The highest BCUT2D eigenvalue weighted by Crippen LogP contribution is 2.27. The molecule has 116 valence electrons. The van der Waals surface area contributed by atoms with Crippen LogP contribution < -0.4 is 5.32 Å². The molecular formula is C15H22N2O2S2. The summed E-state index contributed by atoms with van der Waals surface area (Å²) < 4.78 is 24.5. The molecule has 1 aromatic carbocycles. The second kappa shape index (κ2) is 6.02. The minimum absolute atomic E-state index is 0.155. The van der Waals surface area contributed by atoms with Gasteiger partial charge in [-0.25, -0.2) is 13.4 Å². The van der Waals surface area contributed by atoms with Crippen LogP contribution in [0.25, 0.3) is 10.2 Å². The quantitative estimate of drug-likeness (QED) is 0.886. The summed E-state index contributed by atoms with van der Waals surface area (Å²) in [7, 11) is -3.16. The molecule has 0 spiro atoms. The van der Waals surface area contributed by atoms with Gasteiger partial charge in [-0.3, -0.25) is 0 Å². The summed E-state index contributed by atoms with van der Waals surface area (Å²) in [6.45, 7) is 6.28. The van der Waals surface area contributed by atoms with Gasteiger partial charge in [-0.2, -0.15) is 0 Å². The van der Waals surface area contributed by atoms with E-state index >= 15 is 0 Å². The van der Waals surface area contributed by atoms with Gasteiger partial charge in [-0.05, 0) is 32.5 Å². The van der Waals surface area contributed by atoms with Crippen LogP contribution in [0.2, 0.25) is 0 Å². The smallest absolute Gasteiger partial charge is 0.154 e. The summed E-state index contributed by atoms with van der Waals surface area (Å²) >= 11 is 1.63. The van der Waals surface area contributed by atoms with E-state index < -0.39 is 14.6 Å². The van der Waals surface area contributed by atoms with Gasteiger partial charge in [0, 0.05) is 18.7 Å². The molecule has 0 fully saturated rings. The van der Waals surface area contributed by atoms with Crippen molar-refractivity contribution in [3.63, 3.8) is 0 Å². The van der Waals surface area contributed by atoms with Gasteiger partial charge in [0.1, 0.15) is 0 Å². The van der Waals surface area contributed by atoms with Crippen molar-refractivity contribution in [2.24, 2.45) is 0 Å². The first kappa shape index (κ1) is 16.4. The summed E-state index contributed by atoms with van der Waals surface area (Å²) in [5.41, 5.74) is 0.977. The predicted molar refractivity (Wildman–Crippen MR) is 89.7 cm³/mol. The minimum Gasteiger partial charge on any atom is -0.312 e. The van der Waals surface area contributed by atoms with Gasteiger partial charge in [-0.1, -0.05) is 19.1 Å². The van der Waals surface area contributed by atoms with Crippen molar-refractivity contribution in [1.82, 2.24) is 10.3 Å². The molecule has 0 amide bonds. The fraction of sp³-hybridized carbons (Fsp3) is 0.533. The molecule has 0 saturated heterocycles. The Morgan fingerprint density at radius 2 is 2.00 bits per heavy atom. The van der Waals surface area contributed by atoms with Gasteiger partial charge in [0.25, 0.3) is 0 Å². The predicted octanol–water partition coefficient (Wildman–Crippen LogP) is 2.64. The van der Waals surface area contributed by atoms with Crippen LogP contribution in [-0.2, 0) is 16.3 Å². The van der Waals surface area contributed by atoms with E-state index in [4.69, 9.17) is 0 Å². The molecule has 2 rings (SSSR count). The largest absolute Gasteiger partial charge is 0.312 e. The maximum atomic E-state index is 12.1. The molecule has 6 heteroatoms. The Bertz CT molecular complexity index is 687. The second-order valence-electron chi connectivity index (χ2n) is 5.77. The van der Waals surface area contributed by atoms with Gasteiger partial charge in [0.2, 0.25) is 0 Å². The van der Waals surface area contributed by atoms with Crippen LogP contribution >= 0.6 is 11.3 Å². The topological polar surface area (TPSA) is 59.1 Å². The third-order valence-electron chi connectivity index (χ3n) is 3.96. The van der Waals surface area contributed by atoms with E-state index in [0.29, 0.717) is 6.42 Å². The Labute approximate surface area is 130 Å². The molecule has 1 atom stereocenters. The monoisotopic (exact) mass is 326 g/mol. The van der Waals surface area contributed by atoms with Gasteiger partial charge >= 0.3 is 0 Å². The fourth-order valence-corrected chi connectivity index (χ4v) is 3.95. The number of thiazole rings is 1. The van der Waals surface area contributed by atoms with Gasteiger partial charge < -0.3 is 5.32 Å². The molecule has 0 saturated carbocycles. The number of hydrogen-bond donors (Lipinski definition) is 1. The van der Waals surface area contributed by atoms with Crippen LogP contribution in [-0.4, -0.2) is 37.0 Å². The van der Waals surface area contributed by atoms with E-state index in [-0.39, 0.29) is 6.04 Å². The summed E-state index contributed by atoms with van der Waals surface area (Å²) in [6, 6.07) is 7.83. The summed E-state index contributed by atoms with van der Waals surface area (Å²) in [4.78, 5) is 4.61. The van der Waals surface area contributed by atoms with E-state index in [1.54, 1.807) is 25.2 Å². The summed E-state index contributed by atoms with van der Waals surface area (Å²) in [6.07, 6.45) is 1.92. The normalized spacial score (nSPS) is 14.5. The van der Waals surface area contributed by atoms with E-state index in [1.807, 2.05) is 31.2 Å². The van der Waals surface area contributed by atoms with Crippen LogP contribution in [0, 0.1) is 0 Å². The lowest BCUT2D eigenvalue weighted by Gasteiger charge is -2.32. The van der Waals surface area contributed by atoms with Gasteiger partial charge in [0.15, 0.2) is 9.84 Å². The van der Waals surface area contributed by atoms with Crippen LogP contribution in [0.15, 0.2) is 24.3 Å². The highest BCUT2D eigenvalue weighted by Gasteiger charge is 2.39. The lowest BCUT2D eigenvalue weighted by atomic mass is 10.00. The third kappa shape index (κ3) is 3.44. The van der Waals surface area contributed by atoms with Crippen molar-refractivity contribution in [1.29, 1.82) is 0 Å². The highest BCUT2D eigenvalue weighted by atomic mass is 32.2. The standard InChI is InChI=1S/C15H22N2O2S2/c1-5-16-13(15(2,3)21(4,18)19)10-14-17-11-8-6-7-9-12(11)20-14/h6-9,13,16H,5,10H2,1-4H3. The Morgan fingerprint density at radius 3 is 2.57 bits per heavy atom. The van der Waals surface area contributed by atoms with Crippen LogP contribution in [0.3, 0.4) is 0 Å². The van der Waals surface area contributed by atoms with Crippen molar-refractivity contribution in [2.45, 2.75) is 38.0 Å². The maximum absolute atomic E-state index is 12.1. The number of fused-ring (bicyclic) bond motifs is 1. The molecule has 0 aliphatic rings. The molecule has 1 aromatic heterocycles. The third-order valence-corrected chi connectivity index (χ3v) is 7.22. The maximum Gasteiger partial charge on any atom is 0.154 e. The first-order valence-corrected chi connectivity index (χ1v) is 9.74. The molecule has 1 unspecified atom stereocenters. The number of nitrogens with zero attached hydrogens (tertiary/aromatic N) is 1. The average Bonchev–Trinajstić information content (AvgIpc) is 2.79. The van der Waals surface area contributed by atoms with Crippen LogP contribution in [0.5, 0.6) is 0 Å². The molecule has 0 bridgehead atoms. The van der Waals surface area contributed by atoms with Crippen molar-refractivity contribution >= 4 is 31.4 Å². The van der Waals surface area contributed by atoms with Crippen LogP contribution in [0.4, 0.5) is 0 Å². The second-order valence-corrected chi connectivity index (χ2v) is 9.48. The van der Waals surface area contributed by atoms with E-state index in [9.17, 15) is 8.42 Å². The van der Waals surface area contributed by atoms with E-state index in [2.05, 4.69) is 10.3 Å². The molecule has 0 radical (unpaired) electrons.